The maximum Gasteiger partial charge on any atom is 0.573 e. The van der Waals surface area contributed by atoms with Gasteiger partial charge in [0.2, 0.25) is 0 Å². The first kappa shape index (κ1) is 25.9. The number of nitrogens with one attached hydrogen (secondary N) is 1. The maximum absolute atomic E-state index is 11.8. The van der Waals surface area contributed by atoms with Gasteiger partial charge in [-0.2, -0.15) is 0 Å². The lowest BCUT2D eigenvalue weighted by Crippen LogP contribution is -2.35. The Morgan fingerprint density at radius 2 is 1.79 bits per heavy atom. The number of fused-ring (bicyclic) bond motifs is 1. The Labute approximate surface area is 201 Å². The van der Waals surface area contributed by atoms with Crippen LogP contribution in [0.1, 0.15) is 39.0 Å². The highest BCUT2D eigenvalue weighted by Gasteiger charge is 2.30. The van der Waals surface area contributed by atoms with Crippen molar-refractivity contribution in [1.82, 2.24) is 4.98 Å². The van der Waals surface area contributed by atoms with E-state index in [1.807, 2.05) is 12.1 Å². The molecule has 0 spiro atoms. The minimum Gasteiger partial charge on any atom is -0.489 e. The minimum absolute atomic E-state index is 0.134. The smallest absolute Gasteiger partial charge is 0.489 e. The molecule has 0 radical (unpaired) electrons. The molecule has 0 amide bonds. The summed E-state index contributed by atoms with van der Waals surface area (Å²) in [7, 11) is 0. The molecule has 4 rings (SSSR count). The van der Waals surface area contributed by atoms with Gasteiger partial charge < -0.3 is 20.2 Å². The second-order valence-corrected chi connectivity index (χ2v) is 8.67. The highest BCUT2D eigenvalue weighted by Crippen LogP contribution is 2.34. The summed E-state index contributed by atoms with van der Waals surface area (Å²) in [6, 6.07) is 12.7. The first-order valence-electron chi connectivity index (χ1n) is 11.2. The van der Waals surface area contributed by atoms with Crippen LogP contribution in [0.2, 0.25) is 5.02 Å². The van der Waals surface area contributed by atoms with E-state index in [-0.39, 0.29) is 17.4 Å². The molecule has 0 aliphatic heterocycles. The Balaban J connectivity index is 0.000000248. The van der Waals surface area contributed by atoms with Crippen LogP contribution in [0.5, 0.6) is 11.5 Å². The van der Waals surface area contributed by atoms with Crippen LogP contribution in [0, 0.1) is 5.92 Å². The van der Waals surface area contributed by atoms with Crippen LogP contribution in [0.3, 0.4) is 0 Å². The standard InChI is InChI=1S/C18H23ClN2O2.C7H5F3O/c1-2-16(20)11-3-5-13(6-4-11)23-17-9-12-7-8-21-18(22)14(12)10-15(17)19;8-7(9,10)11-6-4-2-1-3-5-6/h7-11,13,16H,2-6,20H2,1H3,(H,21,22);1-5H. The zero-order valence-electron chi connectivity index (χ0n) is 18.8. The van der Waals surface area contributed by atoms with Crippen molar-refractivity contribution in [2.45, 2.75) is 57.5 Å². The number of alkyl halides is 3. The Morgan fingerprint density at radius 3 is 2.41 bits per heavy atom. The summed E-state index contributed by atoms with van der Waals surface area (Å²) in [5, 5.41) is 1.92. The van der Waals surface area contributed by atoms with Gasteiger partial charge in [0, 0.05) is 17.6 Å². The van der Waals surface area contributed by atoms with E-state index in [9.17, 15) is 18.0 Å². The zero-order valence-corrected chi connectivity index (χ0v) is 19.5. The van der Waals surface area contributed by atoms with Crippen molar-refractivity contribution in [3.05, 3.63) is 70.1 Å². The highest BCUT2D eigenvalue weighted by atomic mass is 35.5. The quantitative estimate of drug-likeness (QED) is 0.426. The Hall–Kier alpha value is -2.71. The summed E-state index contributed by atoms with van der Waals surface area (Å²) in [5.74, 6) is 1.07. The molecular weight excluding hydrogens is 469 g/mol. The number of pyridine rings is 1. The summed E-state index contributed by atoms with van der Waals surface area (Å²) in [4.78, 5) is 14.5. The van der Waals surface area contributed by atoms with Crippen LogP contribution >= 0.6 is 11.6 Å². The predicted molar refractivity (Wildman–Crippen MR) is 127 cm³/mol. The third-order valence-corrected chi connectivity index (χ3v) is 6.19. The van der Waals surface area contributed by atoms with Crippen LogP contribution in [0.15, 0.2) is 59.5 Å². The van der Waals surface area contributed by atoms with Crippen LogP contribution < -0.4 is 20.8 Å². The molecule has 2 aromatic carbocycles. The van der Waals surface area contributed by atoms with Crippen LogP contribution in [-0.2, 0) is 0 Å². The molecule has 1 unspecified atom stereocenters. The van der Waals surface area contributed by atoms with Gasteiger partial charge in [-0.15, -0.1) is 13.2 Å². The number of hydrogen-bond acceptors (Lipinski definition) is 4. The second kappa shape index (κ2) is 11.6. The molecule has 1 aromatic heterocycles. The van der Waals surface area contributed by atoms with Crippen molar-refractivity contribution in [1.29, 1.82) is 0 Å². The third-order valence-electron chi connectivity index (χ3n) is 5.89. The summed E-state index contributed by atoms with van der Waals surface area (Å²) < 4.78 is 44.3. The molecule has 1 fully saturated rings. The number of halogens is 4. The fourth-order valence-corrected chi connectivity index (χ4v) is 4.26. The van der Waals surface area contributed by atoms with Gasteiger partial charge in [-0.25, -0.2) is 0 Å². The number of hydrogen-bond donors (Lipinski definition) is 2. The van der Waals surface area contributed by atoms with Crippen LogP contribution in [0.4, 0.5) is 13.2 Å². The molecule has 0 saturated heterocycles. The van der Waals surface area contributed by atoms with Crippen molar-refractivity contribution < 1.29 is 22.6 Å². The van der Waals surface area contributed by atoms with E-state index in [1.54, 1.807) is 18.3 Å². The van der Waals surface area contributed by atoms with Crippen LogP contribution in [-0.4, -0.2) is 23.5 Å². The van der Waals surface area contributed by atoms with Gasteiger partial charge in [0.1, 0.15) is 11.5 Å². The molecule has 3 aromatic rings. The second-order valence-electron chi connectivity index (χ2n) is 8.26. The van der Waals surface area contributed by atoms with E-state index in [2.05, 4.69) is 16.6 Å². The van der Waals surface area contributed by atoms with E-state index < -0.39 is 6.36 Å². The molecule has 184 valence electrons. The monoisotopic (exact) mass is 496 g/mol. The van der Waals surface area contributed by atoms with Crippen molar-refractivity contribution in [3.8, 4) is 11.5 Å². The highest BCUT2D eigenvalue weighted by molar-refractivity contribution is 6.32. The molecule has 1 aliphatic carbocycles. The van der Waals surface area contributed by atoms with Gasteiger partial charge in [-0.05, 0) is 73.7 Å². The molecule has 0 bridgehead atoms. The van der Waals surface area contributed by atoms with Crippen molar-refractivity contribution >= 4 is 22.4 Å². The molecule has 1 aliphatic rings. The summed E-state index contributed by atoms with van der Waals surface area (Å²) in [5.41, 5.74) is 6.02. The topological polar surface area (TPSA) is 77.3 Å². The average Bonchev–Trinajstić information content (AvgIpc) is 2.80. The molecule has 9 heteroatoms. The SMILES string of the molecule is CCC(N)C1CCC(Oc2cc3cc[nH]c(=O)c3cc2Cl)CC1.FC(F)(F)Oc1ccccc1. The molecule has 1 heterocycles. The number of benzene rings is 2. The van der Waals surface area contributed by atoms with E-state index >= 15 is 0 Å². The van der Waals surface area contributed by atoms with E-state index in [0.717, 1.165) is 37.5 Å². The fraction of sp³-hybridized carbons (Fsp3) is 0.400. The largest absolute Gasteiger partial charge is 0.573 e. The number of nitrogens with two attached hydrogens (primary N) is 1. The number of H-pyrrole nitrogens is 1. The Morgan fingerprint density at radius 1 is 1.12 bits per heavy atom. The first-order valence-corrected chi connectivity index (χ1v) is 11.6. The lowest BCUT2D eigenvalue weighted by Gasteiger charge is -2.32. The summed E-state index contributed by atoms with van der Waals surface area (Å²) in [6.07, 6.45) is 2.45. The number of ether oxygens (including phenoxy) is 2. The predicted octanol–water partition coefficient (Wildman–Crippen LogP) is 6.44. The molecule has 1 saturated carbocycles. The lowest BCUT2D eigenvalue weighted by atomic mass is 9.82. The van der Waals surface area contributed by atoms with Crippen LogP contribution in [0.25, 0.3) is 10.8 Å². The number of para-hydroxylation sites is 1. The van der Waals surface area contributed by atoms with Crippen molar-refractivity contribution in [3.63, 3.8) is 0 Å². The van der Waals surface area contributed by atoms with Gasteiger partial charge in [0.05, 0.1) is 11.1 Å². The van der Waals surface area contributed by atoms with E-state index in [4.69, 9.17) is 22.1 Å². The maximum atomic E-state index is 11.8. The van der Waals surface area contributed by atoms with Gasteiger partial charge in [-0.1, -0.05) is 36.7 Å². The fourth-order valence-electron chi connectivity index (χ4n) is 4.05. The van der Waals surface area contributed by atoms with Gasteiger partial charge in [0.15, 0.2) is 0 Å². The molecule has 1 atom stereocenters. The normalized spacial score (nSPS) is 19.1. The van der Waals surface area contributed by atoms with Crippen molar-refractivity contribution in [2.75, 3.05) is 0 Å². The van der Waals surface area contributed by atoms with E-state index in [0.29, 0.717) is 28.1 Å². The molecule has 5 nitrogen and oxygen atoms in total. The molecular formula is C25H28ClF3N2O3. The number of aromatic nitrogens is 1. The molecule has 34 heavy (non-hydrogen) atoms. The number of aromatic amines is 1. The van der Waals surface area contributed by atoms with Gasteiger partial charge >= 0.3 is 6.36 Å². The first-order chi connectivity index (χ1) is 16.2. The Kier molecular flexibility index (Phi) is 8.85. The number of rotatable bonds is 5. The van der Waals surface area contributed by atoms with Gasteiger partial charge in [0.25, 0.3) is 5.56 Å². The van der Waals surface area contributed by atoms with Gasteiger partial charge in [-0.3, -0.25) is 4.79 Å². The Bertz CT molecular complexity index is 1110. The average molecular weight is 497 g/mol. The zero-order chi connectivity index (χ0) is 24.7. The lowest BCUT2D eigenvalue weighted by molar-refractivity contribution is -0.274. The minimum atomic E-state index is -4.60. The van der Waals surface area contributed by atoms with E-state index in [1.165, 1.54) is 24.3 Å². The summed E-state index contributed by atoms with van der Waals surface area (Å²) in [6.45, 7) is 2.14. The molecule has 3 N–H and O–H groups in total. The third kappa shape index (κ3) is 7.40. The summed E-state index contributed by atoms with van der Waals surface area (Å²) >= 11 is 6.30. The van der Waals surface area contributed by atoms with Crippen molar-refractivity contribution in [2.24, 2.45) is 11.7 Å².